The number of urea groups is 1. The first-order chi connectivity index (χ1) is 19.9. The van der Waals surface area contributed by atoms with Crippen LogP contribution in [0.4, 0.5) is 29.3 Å². The Morgan fingerprint density at radius 1 is 1.07 bits per heavy atom. The summed E-state index contributed by atoms with van der Waals surface area (Å²) in [6, 6.07) is 7.23. The summed E-state index contributed by atoms with van der Waals surface area (Å²) in [5.41, 5.74) is 4.28. The number of alkyl halides is 3. The van der Waals surface area contributed by atoms with E-state index in [9.17, 15) is 27.6 Å². The molecule has 2 aromatic carbocycles. The number of nitrogens with one attached hydrogen (secondary N) is 1. The van der Waals surface area contributed by atoms with Gasteiger partial charge in [-0.3, -0.25) is 14.5 Å². The Hall–Kier alpha value is -4.75. The van der Waals surface area contributed by atoms with Gasteiger partial charge in [0.2, 0.25) is 5.91 Å². The molecular formula is C28H29F3N6O5. The second-order valence-electron chi connectivity index (χ2n) is 10.1. The molecule has 5 rings (SSSR count). The summed E-state index contributed by atoms with van der Waals surface area (Å²) in [6.07, 6.45) is -4.02. The number of nitrogens with two attached hydrogens (primary N) is 1. The fourth-order valence-electron chi connectivity index (χ4n) is 5.49. The van der Waals surface area contributed by atoms with Crippen LogP contribution < -0.4 is 35.9 Å². The molecule has 0 spiro atoms. The third kappa shape index (κ3) is 5.31. The molecule has 222 valence electrons. The van der Waals surface area contributed by atoms with Crippen LogP contribution in [0.15, 0.2) is 41.2 Å². The number of fused-ring (bicyclic) bond motifs is 1. The van der Waals surface area contributed by atoms with Gasteiger partial charge in [-0.2, -0.15) is 23.0 Å². The molecule has 3 N–H and O–H groups in total. The van der Waals surface area contributed by atoms with E-state index in [0.717, 1.165) is 11.0 Å². The highest BCUT2D eigenvalue weighted by atomic mass is 19.4. The standard InChI is InChI=1S/C28H29F3N6O5/c1-15(38)33-17-6-8-35(14-17)18-4-5-22(28(29,30)31)23(12-18)37-26(39)25-21(7-9-36(25)27(32)40)24(34-37)16-10-19(41-2)13-20(11-16)42-3/h4-5,10-13,17H,6-9,14H2,1-3H3,(H2,32,40)(H,33,38). The summed E-state index contributed by atoms with van der Waals surface area (Å²) in [5.74, 6) is 0.579. The largest absolute Gasteiger partial charge is 0.497 e. The number of rotatable bonds is 6. The van der Waals surface area contributed by atoms with Crippen molar-refractivity contribution in [2.24, 2.45) is 5.73 Å². The number of amides is 3. The van der Waals surface area contributed by atoms with Crippen LogP contribution in [-0.4, -0.2) is 61.6 Å². The zero-order valence-electron chi connectivity index (χ0n) is 23.1. The van der Waals surface area contributed by atoms with Crippen molar-refractivity contribution in [1.29, 1.82) is 0 Å². The van der Waals surface area contributed by atoms with Crippen molar-refractivity contribution in [2.75, 3.05) is 43.7 Å². The van der Waals surface area contributed by atoms with Gasteiger partial charge in [0, 0.05) is 55.5 Å². The molecule has 3 heterocycles. The number of aromatic nitrogens is 2. The van der Waals surface area contributed by atoms with Gasteiger partial charge in [-0.05, 0) is 43.2 Å². The Morgan fingerprint density at radius 3 is 2.36 bits per heavy atom. The molecule has 1 unspecified atom stereocenters. The lowest BCUT2D eigenvalue weighted by atomic mass is 10.0. The number of primary amides is 1. The van der Waals surface area contributed by atoms with Gasteiger partial charge in [0.25, 0.3) is 5.56 Å². The number of nitrogens with zero attached hydrogens (tertiary/aromatic N) is 4. The van der Waals surface area contributed by atoms with Crippen LogP contribution in [0.2, 0.25) is 0 Å². The summed E-state index contributed by atoms with van der Waals surface area (Å²) < 4.78 is 54.5. The molecule has 1 aromatic heterocycles. The van der Waals surface area contributed by atoms with E-state index in [2.05, 4.69) is 10.4 Å². The van der Waals surface area contributed by atoms with Crippen molar-refractivity contribution >= 4 is 23.3 Å². The highest BCUT2D eigenvalue weighted by molar-refractivity contribution is 5.94. The minimum atomic E-state index is -4.83. The Labute approximate surface area is 238 Å². The van der Waals surface area contributed by atoms with Crippen molar-refractivity contribution in [2.45, 2.75) is 32.0 Å². The van der Waals surface area contributed by atoms with E-state index in [1.807, 2.05) is 4.90 Å². The van der Waals surface area contributed by atoms with Crippen LogP contribution in [-0.2, 0) is 17.4 Å². The third-order valence-electron chi connectivity index (χ3n) is 7.39. The van der Waals surface area contributed by atoms with Gasteiger partial charge in [-0.25, -0.2) is 4.79 Å². The molecule has 1 atom stereocenters. The molecular weight excluding hydrogens is 557 g/mol. The number of ether oxygens (including phenoxy) is 2. The van der Waals surface area contributed by atoms with E-state index in [1.165, 1.54) is 33.3 Å². The number of carbonyl (C=O) groups excluding carboxylic acids is 2. The minimum Gasteiger partial charge on any atom is -0.497 e. The maximum atomic E-state index is 14.4. The van der Waals surface area contributed by atoms with Crippen LogP contribution in [0.1, 0.15) is 24.5 Å². The maximum Gasteiger partial charge on any atom is 0.418 e. The number of hydrogen-bond acceptors (Lipinski definition) is 7. The van der Waals surface area contributed by atoms with Crippen molar-refractivity contribution < 1.29 is 32.2 Å². The van der Waals surface area contributed by atoms with E-state index < -0.39 is 29.0 Å². The second-order valence-corrected chi connectivity index (χ2v) is 10.1. The van der Waals surface area contributed by atoms with Crippen molar-refractivity contribution in [1.82, 2.24) is 15.1 Å². The van der Waals surface area contributed by atoms with Crippen molar-refractivity contribution in [3.05, 3.63) is 57.9 Å². The fourth-order valence-corrected chi connectivity index (χ4v) is 5.49. The number of methoxy groups -OCH3 is 2. The number of carbonyl (C=O) groups is 2. The van der Waals surface area contributed by atoms with E-state index in [0.29, 0.717) is 52.5 Å². The first-order valence-electron chi connectivity index (χ1n) is 13.1. The second kappa shape index (κ2) is 10.9. The smallest absolute Gasteiger partial charge is 0.418 e. The maximum absolute atomic E-state index is 14.4. The Morgan fingerprint density at radius 2 is 1.76 bits per heavy atom. The molecule has 3 amide bonds. The van der Waals surface area contributed by atoms with Gasteiger partial charge in [0.05, 0.1) is 31.2 Å². The van der Waals surface area contributed by atoms with Crippen LogP contribution in [0.5, 0.6) is 11.5 Å². The molecule has 2 aliphatic rings. The molecule has 11 nitrogen and oxygen atoms in total. The molecule has 14 heteroatoms. The normalized spacial score (nSPS) is 16.4. The van der Waals surface area contributed by atoms with Crippen LogP contribution >= 0.6 is 0 Å². The Bertz CT molecular complexity index is 1600. The molecule has 0 radical (unpaired) electrons. The van der Waals surface area contributed by atoms with Gasteiger partial charge in [-0.1, -0.05) is 0 Å². The number of halogens is 3. The summed E-state index contributed by atoms with van der Waals surface area (Å²) in [4.78, 5) is 40.6. The topological polar surface area (TPSA) is 132 Å². The molecule has 3 aromatic rings. The van der Waals surface area contributed by atoms with Crippen molar-refractivity contribution in [3.8, 4) is 28.4 Å². The first kappa shape index (κ1) is 28.8. The predicted octanol–water partition coefficient (Wildman–Crippen LogP) is 3.09. The third-order valence-corrected chi connectivity index (χ3v) is 7.39. The zero-order chi connectivity index (χ0) is 30.3. The molecule has 42 heavy (non-hydrogen) atoms. The molecule has 0 saturated carbocycles. The highest BCUT2D eigenvalue weighted by Gasteiger charge is 2.38. The van der Waals surface area contributed by atoms with Gasteiger partial charge in [0.15, 0.2) is 0 Å². The zero-order valence-corrected chi connectivity index (χ0v) is 23.1. The lowest BCUT2D eigenvalue weighted by Gasteiger charge is -2.23. The number of anilines is 2. The van der Waals surface area contributed by atoms with Gasteiger partial charge < -0.3 is 25.4 Å². The summed E-state index contributed by atoms with van der Waals surface area (Å²) in [5, 5.41) is 7.29. The van der Waals surface area contributed by atoms with Crippen LogP contribution in [0.3, 0.4) is 0 Å². The fraction of sp³-hybridized carbons (Fsp3) is 0.357. The molecule has 2 aliphatic heterocycles. The summed E-state index contributed by atoms with van der Waals surface area (Å²) in [6.45, 7) is 2.31. The number of hydrogen-bond donors (Lipinski definition) is 2. The average Bonchev–Trinajstić information content (AvgIpc) is 3.60. The van der Waals surface area contributed by atoms with Gasteiger partial charge in [-0.15, -0.1) is 0 Å². The monoisotopic (exact) mass is 586 g/mol. The van der Waals surface area contributed by atoms with Gasteiger partial charge in [0.1, 0.15) is 17.2 Å². The van der Waals surface area contributed by atoms with E-state index in [-0.39, 0.29) is 36.3 Å². The quantitative estimate of drug-likeness (QED) is 0.454. The van der Waals surface area contributed by atoms with Crippen LogP contribution in [0, 0.1) is 0 Å². The highest BCUT2D eigenvalue weighted by Crippen LogP contribution is 2.39. The van der Waals surface area contributed by atoms with E-state index >= 15 is 0 Å². The number of benzene rings is 2. The first-order valence-corrected chi connectivity index (χ1v) is 13.1. The molecule has 1 fully saturated rings. The minimum absolute atomic E-state index is 0.0597. The molecule has 1 saturated heterocycles. The van der Waals surface area contributed by atoms with E-state index in [1.54, 1.807) is 18.2 Å². The summed E-state index contributed by atoms with van der Waals surface area (Å²) >= 11 is 0. The van der Waals surface area contributed by atoms with Crippen molar-refractivity contribution in [3.63, 3.8) is 0 Å². The molecule has 0 aliphatic carbocycles. The Balaban J connectivity index is 1.75. The SMILES string of the molecule is COc1cc(OC)cc(-c2nn(-c3cc(N4CCC(NC(C)=O)C4)ccc3C(F)(F)F)c(=O)c3c2CCN3C(N)=O)c1. The lowest BCUT2D eigenvalue weighted by Crippen LogP contribution is -2.39. The average molecular weight is 587 g/mol. The summed E-state index contributed by atoms with van der Waals surface area (Å²) in [7, 11) is 2.89. The van der Waals surface area contributed by atoms with Crippen LogP contribution in [0.25, 0.3) is 16.9 Å². The predicted molar refractivity (Wildman–Crippen MR) is 148 cm³/mol. The lowest BCUT2D eigenvalue weighted by molar-refractivity contribution is -0.137. The Kier molecular flexibility index (Phi) is 7.47. The molecule has 0 bridgehead atoms. The van der Waals surface area contributed by atoms with Gasteiger partial charge >= 0.3 is 12.2 Å². The van der Waals surface area contributed by atoms with E-state index in [4.69, 9.17) is 15.2 Å².